The minimum absolute atomic E-state index is 0.263. The van der Waals surface area contributed by atoms with Gasteiger partial charge in [0.2, 0.25) is 10.0 Å². The maximum Gasteiger partial charge on any atom is 0.214 e. The third kappa shape index (κ3) is 5.10. The van der Waals surface area contributed by atoms with Crippen LogP contribution >= 0.6 is 0 Å². The number of benzene rings is 1. The summed E-state index contributed by atoms with van der Waals surface area (Å²) in [5.74, 6) is 1.81. The Morgan fingerprint density at radius 2 is 2.04 bits per heavy atom. The first-order chi connectivity index (χ1) is 11.6. The van der Waals surface area contributed by atoms with Gasteiger partial charge in [0.05, 0.1) is 12.9 Å². The van der Waals surface area contributed by atoms with Crippen molar-refractivity contribution < 1.29 is 13.2 Å². The molecular weight excluding hydrogens is 328 g/mol. The number of ether oxygens (including phenoxy) is 1. The van der Waals surface area contributed by atoms with Gasteiger partial charge in [-0.2, -0.15) is 0 Å². The van der Waals surface area contributed by atoms with Crippen LogP contribution in [0.4, 0.5) is 0 Å². The van der Waals surface area contributed by atoms with Crippen molar-refractivity contribution in [3.05, 3.63) is 29.8 Å². The highest BCUT2D eigenvalue weighted by Gasteiger charge is 2.27. The molecule has 1 aliphatic heterocycles. The van der Waals surface area contributed by atoms with Gasteiger partial charge in [0.15, 0.2) is 5.96 Å². The third-order valence-electron chi connectivity index (χ3n) is 3.96. The number of aliphatic imine (C=N–C) groups is 1. The standard InChI is InChI=1S/C16H26N4O3S/c1-17-16(19-10-12-20-11-5-13-24(20,21)22)18-9-8-14-6-3-4-7-15(14)23-2/h3-4,6-7H,5,8-13H2,1-2H3,(H2,17,18,19). The molecule has 1 saturated heterocycles. The summed E-state index contributed by atoms with van der Waals surface area (Å²) < 4.78 is 30.3. The second kappa shape index (κ2) is 8.89. The van der Waals surface area contributed by atoms with Crippen LogP contribution in [0.5, 0.6) is 5.75 Å². The van der Waals surface area contributed by atoms with Crippen LogP contribution in [0.2, 0.25) is 0 Å². The highest BCUT2D eigenvalue weighted by atomic mass is 32.2. The summed E-state index contributed by atoms with van der Waals surface area (Å²) in [6, 6.07) is 7.91. The van der Waals surface area contributed by atoms with E-state index in [1.807, 2.05) is 24.3 Å². The molecule has 1 aliphatic rings. The second-order valence-corrected chi connectivity index (χ2v) is 7.64. The third-order valence-corrected chi connectivity index (χ3v) is 5.92. The largest absolute Gasteiger partial charge is 0.496 e. The van der Waals surface area contributed by atoms with E-state index in [1.54, 1.807) is 14.2 Å². The Kier molecular flexibility index (Phi) is 6.86. The summed E-state index contributed by atoms with van der Waals surface area (Å²) in [6.45, 7) is 2.33. The summed E-state index contributed by atoms with van der Waals surface area (Å²) >= 11 is 0. The molecule has 0 atom stereocenters. The van der Waals surface area contributed by atoms with Crippen molar-refractivity contribution >= 4 is 16.0 Å². The van der Waals surface area contributed by atoms with Crippen LogP contribution in [0.15, 0.2) is 29.3 Å². The van der Waals surface area contributed by atoms with E-state index in [-0.39, 0.29) is 5.75 Å². The van der Waals surface area contributed by atoms with Crippen molar-refractivity contribution in [1.29, 1.82) is 0 Å². The van der Waals surface area contributed by atoms with Crippen LogP contribution in [0.25, 0.3) is 0 Å². The fraction of sp³-hybridized carbons (Fsp3) is 0.562. The van der Waals surface area contributed by atoms with Crippen molar-refractivity contribution in [3.8, 4) is 5.75 Å². The van der Waals surface area contributed by atoms with Gasteiger partial charge in [-0.05, 0) is 24.5 Å². The van der Waals surface area contributed by atoms with Crippen LogP contribution in [0.1, 0.15) is 12.0 Å². The molecule has 24 heavy (non-hydrogen) atoms. The van der Waals surface area contributed by atoms with E-state index in [0.717, 1.165) is 17.7 Å². The predicted molar refractivity (Wildman–Crippen MR) is 96.0 cm³/mol. The Hall–Kier alpha value is -1.80. The molecule has 0 saturated carbocycles. The van der Waals surface area contributed by atoms with Crippen molar-refractivity contribution in [2.24, 2.45) is 4.99 Å². The van der Waals surface area contributed by atoms with Crippen LogP contribution in [0, 0.1) is 0 Å². The number of hydrogen-bond acceptors (Lipinski definition) is 4. The van der Waals surface area contributed by atoms with Gasteiger partial charge in [0.1, 0.15) is 5.75 Å². The summed E-state index contributed by atoms with van der Waals surface area (Å²) in [5.41, 5.74) is 1.13. The van der Waals surface area contributed by atoms with Gasteiger partial charge in [0.25, 0.3) is 0 Å². The molecule has 1 heterocycles. The fourth-order valence-corrected chi connectivity index (χ4v) is 4.22. The van der Waals surface area contributed by atoms with Crippen LogP contribution in [-0.4, -0.2) is 64.8 Å². The number of para-hydroxylation sites is 1. The van der Waals surface area contributed by atoms with Gasteiger partial charge in [-0.3, -0.25) is 4.99 Å². The molecule has 134 valence electrons. The minimum atomic E-state index is -3.03. The van der Waals surface area contributed by atoms with Crippen LogP contribution in [-0.2, 0) is 16.4 Å². The van der Waals surface area contributed by atoms with E-state index in [0.29, 0.717) is 38.6 Å². The number of sulfonamides is 1. The van der Waals surface area contributed by atoms with Gasteiger partial charge < -0.3 is 15.4 Å². The highest BCUT2D eigenvalue weighted by Crippen LogP contribution is 2.17. The van der Waals surface area contributed by atoms with Crippen LogP contribution in [0.3, 0.4) is 0 Å². The molecule has 0 aromatic heterocycles. The first-order valence-corrected chi connectivity index (χ1v) is 9.72. The lowest BCUT2D eigenvalue weighted by molar-refractivity contribution is 0.409. The molecule has 0 unspecified atom stereocenters. The maximum atomic E-state index is 11.7. The van der Waals surface area contributed by atoms with Crippen molar-refractivity contribution in [3.63, 3.8) is 0 Å². The summed E-state index contributed by atoms with van der Waals surface area (Å²) in [4.78, 5) is 4.16. The van der Waals surface area contributed by atoms with Gasteiger partial charge in [-0.1, -0.05) is 18.2 Å². The van der Waals surface area contributed by atoms with E-state index in [2.05, 4.69) is 15.6 Å². The minimum Gasteiger partial charge on any atom is -0.496 e. The van der Waals surface area contributed by atoms with Gasteiger partial charge >= 0.3 is 0 Å². The molecule has 0 aliphatic carbocycles. The molecule has 2 N–H and O–H groups in total. The Morgan fingerprint density at radius 3 is 2.71 bits per heavy atom. The zero-order chi connectivity index (χ0) is 17.4. The molecule has 1 aromatic carbocycles. The molecule has 2 rings (SSSR count). The Bertz CT molecular complexity index is 661. The smallest absolute Gasteiger partial charge is 0.214 e. The Labute approximate surface area is 144 Å². The molecule has 8 heteroatoms. The number of nitrogens with one attached hydrogen (secondary N) is 2. The number of rotatable bonds is 7. The average molecular weight is 354 g/mol. The predicted octanol–water partition coefficient (Wildman–Crippen LogP) is 0.438. The lowest BCUT2D eigenvalue weighted by Crippen LogP contribution is -2.42. The molecule has 1 aromatic rings. The lowest BCUT2D eigenvalue weighted by atomic mass is 10.1. The lowest BCUT2D eigenvalue weighted by Gasteiger charge is -2.16. The van der Waals surface area contributed by atoms with Crippen molar-refractivity contribution in [2.75, 3.05) is 46.1 Å². The molecule has 0 radical (unpaired) electrons. The fourth-order valence-electron chi connectivity index (χ4n) is 2.69. The molecular formula is C16H26N4O3S. The van der Waals surface area contributed by atoms with Gasteiger partial charge in [-0.15, -0.1) is 0 Å². The number of guanidine groups is 1. The summed E-state index contributed by atoms with van der Waals surface area (Å²) in [5, 5.41) is 6.38. The quantitative estimate of drug-likeness (QED) is 0.548. The van der Waals surface area contributed by atoms with E-state index >= 15 is 0 Å². The molecule has 0 spiro atoms. The van der Waals surface area contributed by atoms with Gasteiger partial charge in [0, 0.05) is 33.2 Å². The molecule has 0 amide bonds. The van der Waals surface area contributed by atoms with Crippen molar-refractivity contribution in [1.82, 2.24) is 14.9 Å². The summed E-state index contributed by atoms with van der Waals surface area (Å²) in [6.07, 6.45) is 1.53. The normalized spacial score (nSPS) is 17.7. The second-order valence-electron chi connectivity index (χ2n) is 5.56. The number of hydrogen-bond donors (Lipinski definition) is 2. The number of nitrogens with zero attached hydrogens (tertiary/aromatic N) is 2. The molecule has 1 fully saturated rings. The average Bonchev–Trinajstić information content (AvgIpc) is 2.92. The topological polar surface area (TPSA) is 83.0 Å². The monoisotopic (exact) mass is 354 g/mol. The molecule has 0 bridgehead atoms. The summed E-state index contributed by atoms with van der Waals surface area (Å²) in [7, 11) is 0.332. The zero-order valence-corrected chi connectivity index (χ0v) is 15.1. The maximum absolute atomic E-state index is 11.7. The van der Waals surface area contributed by atoms with E-state index in [4.69, 9.17) is 4.74 Å². The van der Waals surface area contributed by atoms with Crippen LogP contribution < -0.4 is 15.4 Å². The first kappa shape index (κ1) is 18.5. The van der Waals surface area contributed by atoms with Crippen molar-refractivity contribution in [2.45, 2.75) is 12.8 Å². The molecule has 7 nitrogen and oxygen atoms in total. The van der Waals surface area contributed by atoms with Gasteiger partial charge in [-0.25, -0.2) is 12.7 Å². The first-order valence-electron chi connectivity index (χ1n) is 8.11. The highest BCUT2D eigenvalue weighted by molar-refractivity contribution is 7.89. The van der Waals surface area contributed by atoms with E-state index in [9.17, 15) is 8.42 Å². The van der Waals surface area contributed by atoms with E-state index < -0.39 is 10.0 Å². The number of methoxy groups -OCH3 is 1. The SMILES string of the molecule is CN=C(NCCc1ccccc1OC)NCCN1CCCS1(=O)=O. The van der Waals surface area contributed by atoms with E-state index in [1.165, 1.54) is 4.31 Å². The Morgan fingerprint density at radius 1 is 1.29 bits per heavy atom. The Balaban J connectivity index is 1.73. The zero-order valence-electron chi connectivity index (χ0n) is 14.3.